The molecule has 1 heterocycles. The molecule has 1 unspecified atom stereocenters. The van der Waals surface area contributed by atoms with Crippen LogP contribution in [0.1, 0.15) is 75.5 Å². The minimum absolute atomic E-state index is 0. The third-order valence-corrected chi connectivity index (χ3v) is 6.49. The number of aryl methyl sites for hydroxylation is 2. The quantitative estimate of drug-likeness (QED) is 0.180. The van der Waals surface area contributed by atoms with Crippen LogP contribution in [0.15, 0.2) is 54.4 Å². The Labute approximate surface area is 218 Å². The number of pyridine rings is 1. The summed E-state index contributed by atoms with van der Waals surface area (Å²) in [5.74, 6) is 1.42. The molecule has 1 aliphatic carbocycles. The minimum atomic E-state index is -0.125. The number of aromatic nitrogens is 1. The number of hydrogen-bond donors (Lipinski definition) is 1. The Morgan fingerprint density at radius 2 is 1.79 bits per heavy atom. The van der Waals surface area contributed by atoms with E-state index in [2.05, 4.69) is 63.2 Å². The van der Waals surface area contributed by atoms with Gasteiger partial charge in [-0.2, -0.15) is 0 Å². The van der Waals surface area contributed by atoms with Gasteiger partial charge < -0.3 is 10.1 Å². The van der Waals surface area contributed by atoms with Crippen LogP contribution in [0.2, 0.25) is 0 Å². The third-order valence-electron chi connectivity index (χ3n) is 6.49. The number of fused-ring (bicyclic) bond motifs is 1. The molecule has 183 valence electrons. The summed E-state index contributed by atoms with van der Waals surface area (Å²) in [6.45, 7) is 9.50. The van der Waals surface area contributed by atoms with Crippen LogP contribution in [0.3, 0.4) is 0 Å². The molecule has 1 radical (unpaired) electrons. The summed E-state index contributed by atoms with van der Waals surface area (Å²) < 4.78 is 0. The van der Waals surface area contributed by atoms with Gasteiger partial charge in [-0.15, -0.1) is 34.9 Å². The number of allylic oxidation sites excluding steroid dienone is 2. The summed E-state index contributed by atoms with van der Waals surface area (Å²) in [5, 5.41) is 10.9. The van der Waals surface area contributed by atoms with Crippen molar-refractivity contribution in [1.82, 2.24) is 4.98 Å². The van der Waals surface area contributed by atoms with E-state index in [-0.39, 0.29) is 31.6 Å². The number of hydrogen-bond acceptors (Lipinski definition) is 3. The fraction of sp³-hybridized carbons (Fsp3) is 0.400. The number of aliphatic hydroxyl groups is 1. The maximum Gasteiger partial charge on any atom is 0.155 e. The molecule has 4 rings (SSSR count). The van der Waals surface area contributed by atoms with Gasteiger partial charge in [0, 0.05) is 32.4 Å². The van der Waals surface area contributed by atoms with Gasteiger partial charge in [-0.05, 0) is 66.6 Å². The van der Waals surface area contributed by atoms with Gasteiger partial charge in [-0.25, -0.2) is 0 Å². The first-order valence-electron chi connectivity index (χ1n) is 12.0. The van der Waals surface area contributed by atoms with Crippen molar-refractivity contribution in [2.24, 2.45) is 5.92 Å². The van der Waals surface area contributed by atoms with Crippen molar-refractivity contribution in [3.8, 4) is 11.3 Å². The number of carbonyl (C=O) groups is 1. The second-order valence-corrected chi connectivity index (χ2v) is 9.48. The molecule has 0 spiro atoms. The van der Waals surface area contributed by atoms with E-state index in [1.165, 1.54) is 79.5 Å². The molecule has 34 heavy (non-hydrogen) atoms. The molecule has 2 aromatic carbocycles. The van der Waals surface area contributed by atoms with Crippen molar-refractivity contribution in [2.75, 3.05) is 0 Å². The molecule has 0 amide bonds. The van der Waals surface area contributed by atoms with Gasteiger partial charge >= 0.3 is 0 Å². The minimum Gasteiger partial charge on any atom is -0.512 e. The molecule has 0 bridgehead atoms. The second-order valence-electron chi connectivity index (χ2n) is 9.48. The molecular weight excluding hydrogens is 599 g/mol. The molecule has 4 heteroatoms. The molecule has 1 fully saturated rings. The van der Waals surface area contributed by atoms with Crippen LogP contribution in [0.5, 0.6) is 0 Å². The molecule has 1 N–H and O–H groups in total. The van der Waals surface area contributed by atoms with E-state index in [0.29, 0.717) is 5.92 Å². The first kappa shape index (κ1) is 28.0. The molecule has 0 saturated heterocycles. The maximum absolute atomic E-state index is 10.0. The van der Waals surface area contributed by atoms with E-state index in [4.69, 9.17) is 10.1 Å². The topological polar surface area (TPSA) is 50.2 Å². The summed E-state index contributed by atoms with van der Waals surface area (Å²) in [6, 6.07) is 17.0. The fourth-order valence-corrected chi connectivity index (χ4v) is 4.92. The van der Waals surface area contributed by atoms with Gasteiger partial charge in [0.05, 0.1) is 5.76 Å². The van der Waals surface area contributed by atoms with Crippen LogP contribution < -0.4 is 0 Å². The number of carbonyl (C=O) groups excluding carboxylic acids is 1. The molecular formula is C30H36IrNO2-. The largest absolute Gasteiger partial charge is 0.512 e. The third kappa shape index (κ3) is 7.61. The molecule has 3 aromatic rings. The predicted octanol–water partition coefficient (Wildman–Crippen LogP) is 8.04. The normalized spacial score (nSPS) is 15.1. The van der Waals surface area contributed by atoms with Gasteiger partial charge in [0.25, 0.3) is 0 Å². The Bertz CT molecular complexity index is 1120. The van der Waals surface area contributed by atoms with Gasteiger partial charge in [0.2, 0.25) is 0 Å². The van der Waals surface area contributed by atoms with Crippen LogP contribution in [0.25, 0.3) is 22.0 Å². The molecule has 1 saturated carbocycles. The summed E-state index contributed by atoms with van der Waals surface area (Å²) in [4.78, 5) is 14.7. The van der Waals surface area contributed by atoms with Crippen LogP contribution in [-0.4, -0.2) is 15.9 Å². The zero-order valence-corrected chi connectivity index (χ0v) is 23.3. The Morgan fingerprint density at radius 3 is 2.38 bits per heavy atom. The number of nitrogens with zero attached hydrogens (tertiary/aromatic N) is 1. The van der Waals surface area contributed by atoms with Crippen molar-refractivity contribution in [1.29, 1.82) is 0 Å². The Morgan fingerprint density at radius 1 is 1.09 bits per heavy atom. The fourth-order valence-electron chi connectivity index (χ4n) is 4.92. The summed E-state index contributed by atoms with van der Waals surface area (Å²) in [5.41, 5.74) is 6.05. The van der Waals surface area contributed by atoms with Crippen LogP contribution in [-0.2, 0) is 24.9 Å². The monoisotopic (exact) mass is 635 g/mol. The predicted molar refractivity (Wildman–Crippen MR) is 138 cm³/mol. The van der Waals surface area contributed by atoms with Gasteiger partial charge in [0.1, 0.15) is 0 Å². The first-order valence-corrected chi connectivity index (χ1v) is 12.0. The van der Waals surface area contributed by atoms with E-state index < -0.39 is 0 Å². The molecule has 1 aliphatic rings. The van der Waals surface area contributed by atoms with E-state index >= 15 is 0 Å². The smallest absolute Gasteiger partial charge is 0.155 e. The molecule has 1 aromatic heterocycles. The zero-order valence-electron chi connectivity index (χ0n) is 20.9. The van der Waals surface area contributed by atoms with E-state index in [0.717, 1.165) is 17.2 Å². The number of ketones is 1. The van der Waals surface area contributed by atoms with E-state index in [1.54, 1.807) is 0 Å². The number of rotatable bonds is 4. The maximum atomic E-state index is 10.0. The molecule has 0 aliphatic heterocycles. The average molecular weight is 635 g/mol. The first-order chi connectivity index (χ1) is 15.7. The second kappa shape index (κ2) is 13.0. The standard InChI is InChI=1S/C25H28N.C5H8O2.Ir/c1-17-13-18(2)15-23(14-17)25-24-10-9-21(16-22(24)11-12-26-25)19(3)20-7-5-4-6-8-20;1-4(6)3-5(2)7;/h9-14,16,19-20H,4-8H2,1-3H3;3,6H,1-2H3;/q-1;;/b;4-3-;. The summed E-state index contributed by atoms with van der Waals surface area (Å²) in [7, 11) is 0. The molecule has 1 atom stereocenters. The van der Waals surface area contributed by atoms with Crippen LogP contribution in [0, 0.1) is 25.8 Å². The van der Waals surface area contributed by atoms with Crippen LogP contribution >= 0.6 is 0 Å². The molecule has 3 nitrogen and oxygen atoms in total. The Hall–Kier alpha value is -2.29. The van der Waals surface area contributed by atoms with E-state index in [1.807, 2.05) is 6.20 Å². The summed E-state index contributed by atoms with van der Waals surface area (Å²) in [6.07, 6.45) is 10.1. The van der Waals surface area contributed by atoms with Crippen molar-refractivity contribution in [3.63, 3.8) is 0 Å². The van der Waals surface area contributed by atoms with E-state index in [9.17, 15) is 4.79 Å². The van der Waals surface area contributed by atoms with Gasteiger partial charge in [-0.1, -0.05) is 58.2 Å². The van der Waals surface area contributed by atoms with Crippen molar-refractivity contribution < 1.29 is 30.0 Å². The number of benzene rings is 2. The van der Waals surface area contributed by atoms with Crippen LogP contribution in [0.4, 0.5) is 0 Å². The van der Waals surface area contributed by atoms with Crippen molar-refractivity contribution in [3.05, 3.63) is 77.2 Å². The summed E-state index contributed by atoms with van der Waals surface area (Å²) >= 11 is 0. The van der Waals surface area contributed by atoms with Crippen molar-refractivity contribution >= 4 is 16.6 Å². The SMILES string of the molecule is CC(=O)/C=C(/C)O.Cc1[c-]c(-c2nccc3cc(C(C)C4CCCCC4)ccc23)cc(C)c1.[Ir]. The zero-order chi connectivity index (χ0) is 24.0. The Balaban J connectivity index is 0.000000449. The average Bonchev–Trinajstić information content (AvgIpc) is 2.77. The van der Waals surface area contributed by atoms with Gasteiger partial charge in [-0.3, -0.25) is 4.79 Å². The Kier molecular flexibility index (Phi) is 10.7. The van der Waals surface area contributed by atoms with Crippen molar-refractivity contribution in [2.45, 2.75) is 72.6 Å². The van der Waals surface area contributed by atoms with Gasteiger partial charge in [0.15, 0.2) is 5.78 Å². The number of aliphatic hydroxyl groups excluding tert-OH is 1.